The zero-order valence-corrected chi connectivity index (χ0v) is 12.9. The summed E-state index contributed by atoms with van der Waals surface area (Å²) in [6.07, 6.45) is 0. The quantitative estimate of drug-likeness (QED) is 0.672. The van der Waals surface area contributed by atoms with Crippen LogP contribution in [-0.2, 0) is 6.54 Å². The number of rotatable bonds is 4. The summed E-state index contributed by atoms with van der Waals surface area (Å²) in [6, 6.07) is 4.22. The zero-order chi connectivity index (χ0) is 15.6. The highest BCUT2D eigenvalue weighted by Gasteiger charge is 2.17. The molecule has 21 heavy (non-hydrogen) atoms. The Hall–Kier alpha value is -2.22. The van der Waals surface area contributed by atoms with E-state index in [1.54, 1.807) is 13.8 Å². The van der Waals surface area contributed by atoms with E-state index in [0.29, 0.717) is 15.9 Å². The highest BCUT2D eigenvalue weighted by atomic mass is 79.9. The highest BCUT2D eigenvalue weighted by Crippen LogP contribution is 2.25. The van der Waals surface area contributed by atoms with Crippen LogP contribution in [0.15, 0.2) is 27.2 Å². The van der Waals surface area contributed by atoms with Gasteiger partial charge in [0.1, 0.15) is 5.76 Å². The summed E-state index contributed by atoms with van der Waals surface area (Å²) in [5.74, 6) is 0.236. The summed E-state index contributed by atoms with van der Waals surface area (Å²) in [4.78, 5) is 22.4. The maximum Gasteiger partial charge on any atom is 0.284 e. The Labute approximate surface area is 128 Å². The van der Waals surface area contributed by atoms with Gasteiger partial charge in [-0.3, -0.25) is 14.9 Å². The van der Waals surface area contributed by atoms with Crippen LogP contribution in [0.25, 0.3) is 0 Å². The molecular formula is C13H12BrN3O4. The number of aryl methyl sites for hydroxylation is 2. The van der Waals surface area contributed by atoms with Crippen LogP contribution in [-0.4, -0.2) is 16.0 Å². The SMILES string of the molecule is Cc1noc(C)c1CNC(=O)c1ccc(Br)c([N+](=O)[O-])c1. The van der Waals surface area contributed by atoms with Crippen molar-refractivity contribution in [1.29, 1.82) is 0 Å². The molecule has 0 saturated heterocycles. The van der Waals surface area contributed by atoms with Crippen LogP contribution in [0.1, 0.15) is 27.4 Å². The van der Waals surface area contributed by atoms with Crippen molar-refractivity contribution in [2.75, 3.05) is 0 Å². The highest BCUT2D eigenvalue weighted by molar-refractivity contribution is 9.10. The van der Waals surface area contributed by atoms with Crippen LogP contribution < -0.4 is 5.32 Å². The maximum atomic E-state index is 12.0. The van der Waals surface area contributed by atoms with Crippen molar-refractivity contribution in [3.8, 4) is 0 Å². The minimum absolute atomic E-state index is 0.153. The molecule has 0 atom stereocenters. The van der Waals surface area contributed by atoms with Crippen molar-refractivity contribution in [3.05, 3.63) is 55.4 Å². The fourth-order valence-electron chi connectivity index (χ4n) is 1.82. The molecule has 0 aliphatic rings. The molecule has 1 aromatic carbocycles. The van der Waals surface area contributed by atoms with E-state index >= 15 is 0 Å². The number of benzene rings is 1. The molecule has 2 rings (SSSR count). The number of carbonyl (C=O) groups is 1. The number of nitro groups is 1. The molecule has 0 fully saturated rings. The zero-order valence-electron chi connectivity index (χ0n) is 11.3. The molecule has 0 aliphatic carbocycles. The van der Waals surface area contributed by atoms with Crippen LogP contribution in [0.2, 0.25) is 0 Å². The van der Waals surface area contributed by atoms with E-state index < -0.39 is 10.8 Å². The van der Waals surface area contributed by atoms with Gasteiger partial charge in [0.05, 0.1) is 15.1 Å². The number of hydrogen-bond donors (Lipinski definition) is 1. The van der Waals surface area contributed by atoms with Gasteiger partial charge in [0, 0.05) is 23.7 Å². The lowest BCUT2D eigenvalue weighted by atomic mass is 10.1. The second-order valence-corrected chi connectivity index (χ2v) is 5.26. The predicted octanol–water partition coefficient (Wildman–Crippen LogP) is 2.89. The van der Waals surface area contributed by atoms with Gasteiger partial charge in [-0.2, -0.15) is 0 Å². The number of amides is 1. The van der Waals surface area contributed by atoms with Crippen LogP contribution in [0, 0.1) is 24.0 Å². The fourth-order valence-corrected chi connectivity index (χ4v) is 2.21. The second kappa shape index (κ2) is 6.04. The minimum Gasteiger partial charge on any atom is -0.361 e. The van der Waals surface area contributed by atoms with Gasteiger partial charge in [-0.25, -0.2) is 0 Å². The molecule has 0 bridgehead atoms. The van der Waals surface area contributed by atoms with E-state index in [2.05, 4.69) is 26.4 Å². The van der Waals surface area contributed by atoms with Crippen molar-refractivity contribution in [3.63, 3.8) is 0 Å². The smallest absolute Gasteiger partial charge is 0.284 e. The molecular weight excluding hydrogens is 342 g/mol. The molecule has 110 valence electrons. The number of carbonyl (C=O) groups excluding carboxylic acids is 1. The monoisotopic (exact) mass is 353 g/mol. The Morgan fingerprint density at radius 2 is 2.19 bits per heavy atom. The lowest BCUT2D eigenvalue weighted by Gasteiger charge is -2.05. The summed E-state index contributed by atoms with van der Waals surface area (Å²) in [5, 5.41) is 17.3. The minimum atomic E-state index is -0.546. The van der Waals surface area contributed by atoms with Crippen molar-refractivity contribution < 1.29 is 14.2 Å². The second-order valence-electron chi connectivity index (χ2n) is 4.41. The number of nitrogens with zero attached hydrogens (tertiary/aromatic N) is 2. The average Bonchev–Trinajstić information content (AvgIpc) is 2.75. The molecule has 1 N–H and O–H groups in total. The first-order valence-electron chi connectivity index (χ1n) is 6.04. The Morgan fingerprint density at radius 1 is 1.48 bits per heavy atom. The first-order valence-corrected chi connectivity index (χ1v) is 6.83. The molecule has 7 nitrogen and oxygen atoms in total. The predicted molar refractivity (Wildman–Crippen MR) is 77.9 cm³/mol. The topological polar surface area (TPSA) is 98.3 Å². The lowest BCUT2D eigenvalue weighted by molar-refractivity contribution is -0.385. The van der Waals surface area contributed by atoms with Gasteiger partial charge in [0.2, 0.25) is 0 Å². The first-order chi connectivity index (χ1) is 9.90. The molecule has 0 radical (unpaired) electrons. The molecule has 1 aromatic heterocycles. The van der Waals surface area contributed by atoms with E-state index in [9.17, 15) is 14.9 Å². The van der Waals surface area contributed by atoms with Gasteiger partial charge in [-0.05, 0) is 41.9 Å². The lowest BCUT2D eigenvalue weighted by Crippen LogP contribution is -2.23. The van der Waals surface area contributed by atoms with Crippen molar-refractivity contribution in [1.82, 2.24) is 10.5 Å². The summed E-state index contributed by atoms with van der Waals surface area (Å²) in [6.45, 7) is 3.79. The Morgan fingerprint density at radius 3 is 2.76 bits per heavy atom. The maximum absolute atomic E-state index is 12.0. The third-order valence-electron chi connectivity index (χ3n) is 3.01. The summed E-state index contributed by atoms with van der Waals surface area (Å²) in [5.41, 5.74) is 1.57. The first kappa shape index (κ1) is 15.2. The third kappa shape index (κ3) is 3.27. The van der Waals surface area contributed by atoms with E-state index in [1.165, 1.54) is 18.2 Å². The van der Waals surface area contributed by atoms with Gasteiger partial charge >= 0.3 is 0 Å². The molecule has 2 aromatic rings. The molecule has 0 spiro atoms. The van der Waals surface area contributed by atoms with Crippen molar-refractivity contribution in [2.24, 2.45) is 0 Å². The largest absolute Gasteiger partial charge is 0.361 e. The number of aromatic nitrogens is 1. The number of hydrogen-bond acceptors (Lipinski definition) is 5. The number of nitro benzene ring substituents is 1. The van der Waals surface area contributed by atoms with Gasteiger partial charge in [0.15, 0.2) is 0 Å². The Bertz CT molecular complexity index is 692. The van der Waals surface area contributed by atoms with Crippen molar-refractivity contribution >= 4 is 27.5 Å². The van der Waals surface area contributed by atoms with Gasteiger partial charge in [0.25, 0.3) is 11.6 Å². The van der Waals surface area contributed by atoms with Gasteiger partial charge < -0.3 is 9.84 Å². The van der Waals surface area contributed by atoms with Crippen LogP contribution in [0.4, 0.5) is 5.69 Å². The number of halogens is 1. The molecule has 8 heteroatoms. The summed E-state index contributed by atoms with van der Waals surface area (Å²) >= 11 is 3.08. The average molecular weight is 354 g/mol. The van der Waals surface area contributed by atoms with E-state index in [4.69, 9.17) is 4.52 Å². The van der Waals surface area contributed by atoms with E-state index in [1.807, 2.05) is 0 Å². The van der Waals surface area contributed by atoms with Crippen LogP contribution in [0.3, 0.4) is 0 Å². The number of nitrogens with one attached hydrogen (secondary N) is 1. The van der Waals surface area contributed by atoms with E-state index in [0.717, 1.165) is 5.56 Å². The van der Waals surface area contributed by atoms with Crippen LogP contribution >= 0.6 is 15.9 Å². The van der Waals surface area contributed by atoms with Crippen molar-refractivity contribution in [2.45, 2.75) is 20.4 Å². The summed E-state index contributed by atoms with van der Waals surface area (Å²) in [7, 11) is 0. The normalized spacial score (nSPS) is 10.4. The molecule has 0 unspecified atom stereocenters. The van der Waals surface area contributed by atoms with E-state index in [-0.39, 0.29) is 17.8 Å². The van der Waals surface area contributed by atoms with Gasteiger partial charge in [-0.15, -0.1) is 0 Å². The standard InChI is InChI=1S/C13H12BrN3O4/c1-7-10(8(2)21-16-7)6-15-13(18)9-3-4-11(14)12(5-9)17(19)20/h3-5H,6H2,1-2H3,(H,15,18). The summed E-state index contributed by atoms with van der Waals surface area (Å²) < 4.78 is 5.33. The van der Waals surface area contributed by atoms with Crippen LogP contribution in [0.5, 0.6) is 0 Å². The molecule has 0 aliphatic heterocycles. The molecule has 1 heterocycles. The molecule has 0 saturated carbocycles. The Balaban J connectivity index is 2.14. The third-order valence-corrected chi connectivity index (χ3v) is 3.68. The molecule has 1 amide bonds. The Kier molecular flexibility index (Phi) is 4.37. The van der Waals surface area contributed by atoms with Gasteiger partial charge in [-0.1, -0.05) is 5.16 Å². The fraction of sp³-hybridized carbons (Fsp3) is 0.231.